The minimum absolute atomic E-state index is 0.0985. The Bertz CT molecular complexity index is 1150. The van der Waals surface area contributed by atoms with E-state index in [2.05, 4.69) is 20.5 Å². The summed E-state index contributed by atoms with van der Waals surface area (Å²) in [6, 6.07) is 8.62. The van der Waals surface area contributed by atoms with Crippen molar-refractivity contribution >= 4 is 11.6 Å². The molecule has 1 heterocycles. The number of amides is 1. The summed E-state index contributed by atoms with van der Waals surface area (Å²) in [6.45, 7) is 6.78. The summed E-state index contributed by atoms with van der Waals surface area (Å²) in [4.78, 5) is 14.9. The van der Waals surface area contributed by atoms with Gasteiger partial charge in [0.1, 0.15) is 12.4 Å². The second-order valence-electron chi connectivity index (χ2n) is 7.37. The number of anilines is 1. The molecule has 2 aromatic carbocycles. The number of carbonyl (C=O) groups excluding carboxylic acids is 1. The zero-order valence-corrected chi connectivity index (χ0v) is 19.4. The van der Waals surface area contributed by atoms with E-state index in [1.807, 2.05) is 13.8 Å². The van der Waals surface area contributed by atoms with Crippen LogP contribution in [0.25, 0.3) is 5.69 Å². The molecule has 3 rings (SSSR count). The Labute approximate surface area is 199 Å². The molecule has 188 valence electrons. The van der Waals surface area contributed by atoms with Crippen LogP contribution >= 0.6 is 0 Å². The van der Waals surface area contributed by atoms with E-state index in [-0.39, 0.29) is 11.4 Å². The molecule has 8 nitrogen and oxygen atoms in total. The van der Waals surface area contributed by atoms with Crippen molar-refractivity contribution in [3.8, 4) is 17.2 Å². The lowest BCUT2D eigenvalue weighted by molar-refractivity contribution is -0.143. The van der Waals surface area contributed by atoms with Gasteiger partial charge in [-0.25, -0.2) is 9.07 Å². The summed E-state index contributed by atoms with van der Waals surface area (Å²) in [7, 11) is 1.45. The number of nitrogens with zero attached hydrogens (tertiary/aromatic N) is 4. The maximum absolute atomic E-state index is 13.8. The summed E-state index contributed by atoms with van der Waals surface area (Å²) >= 11 is 0. The Kier molecular flexibility index (Phi) is 8.28. The molecule has 35 heavy (non-hydrogen) atoms. The van der Waals surface area contributed by atoms with Gasteiger partial charge in [-0.1, -0.05) is 19.1 Å². The van der Waals surface area contributed by atoms with Crippen LogP contribution in [0.1, 0.15) is 30.0 Å². The molecule has 0 aliphatic carbocycles. The number of methoxy groups -OCH3 is 1. The Balaban J connectivity index is 1.85. The molecule has 3 aromatic rings. The first-order valence-electron chi connectivity index (χ1n) is 10.8. The minimum Gasteiger partial charge on any atom is -0.493 e. The monoisotopic (exact) mass is 495 g/mol. The van der Waals surface area contributed by atoms with Gasteiger partial charge in [0.15, 0.2) is 22.9 Å². The summed E-state index contributed by atoms with van der Waals surface area (Å²) in [5.74, 6) is -1.02. The highest BCUT2D eigenvalue weighted by atomic mass is 19.4. The average Bonchev–Trinajstić information content (AvgIpc) is 3.29. The van der Waals surface area contributed by atoms with Crippen molar-refractivity contribution in [1.82, 2.24) is 19.9 Å². The smallest absolute Gasteiger partial charge is 0.435 e. The molecule has 0 saturated carbocycles. The van der Waals surface area contributed by atoms with Crippen LogP contribution in [0.4, 0.5) is 23.2 Å². The number of aromatic nitrogens is 3. The van der Waals surface area contributed by atoms with Crippen LogP contribution in [0.5, 0.6) is 11.5 Å². The molecule has 0 radical (unpaired) electrons. The SMILES string of the molecule is CCN(CC)CCOc1cc(NC(=O)c2nnn(-c3ccc(F)cc3)c2C(F)(F)F)ccc1OC. The summed E-state index contributed by atoms with van der Waals surface area (Å²) in [6.07, 6.45) is -4.96. The van der Waals surface area contributed by atoms with Crippen LogP contribution in [-0.4, -0.2) is 59.2 Å². The van der Waals surface area contributed by atoms with Crippen LogP contribution < -0.4 is 14.8 Å². The van der Waals surface area contributed by atoms with Crippen molar-refractivity contribution in [3.05, 3.63) is 59.7 Å². The van der Waals surface area contributed by atoms with Crippen molar-refractivity contribution < 1.29 is 31.8 Å². The van der Waals surface area contributed by atoms with Crippen LogP contribution in [0.15, 0.2) is 42.5 Å². The lowest BCUT2D eigenvalue weighted by Crippen LogP contribution is -2.28. The van der Waals surface area contributed by atoms with E-state index in [1.165, 1.54) is 25.3 Å². The van der Waals surface area contributed by atoms with Crippen LogP contribution in [-0.2, 0) is 6.18 Å². The molecule has 0 fully saturated rings. The first-order chi connectivity index (χ1) is 16.7. The molecule has 0 unspecified atom stereocenters. The number of hydrogen-bond acceptors (Lipinski definition) is 6. The Morgan fingerprint density at radius 3 is 2.37 bits per heavy atom. The third-order valence-corrected chi connectivity index (χ3v) is 5.21. The molecule has 1 N–H and O–H groups in total. The lowest BCUT2D eigenvalue weighted by atomic mass is 10.2. The third-order valence-electron chi connectivity index (χ3n) is 5.21. The molecular weight excluding hydrogens is 470 g/mol. The van der Waals surface area contributed by atoms with E-state index in [1.54, 1.807) is 0 Å². The van der Waals surface area contributed by atoms with Crippen molar-refractivity contribution in [2.75, 3.05) is 38.7 Å². The topological polar surface area (TPSA) is 81.5 Å². The van der Waals surface area contributed by atoms with E-state index in [0.717, 1.165) is 37.4 Å². The first-order valence-corrected chi connectivity index (χ1v) is 10.8. The third kappa shape index (κ3) is 6.27. The van der Waals surface area contributed by atoms with Gasteiger partial charge in [0, 0.05) is 18.3 Å². The van der Waals surface area contributed by atoms with E-state index in [9.17, 15) is 22.4 Å². The van der Waals surface area contributed by atoms with E-state index >= 15 is 0 Å². The number of likely N-dealkylation sites (N-methyl/N-ethyl adjacent to an activating group) is 1. The predicted molar refractivity (Wildman–Crippen MR) is 121 cm³/mol. The zero-order chi connectivity index (χ0) is 25.6. The van der Waals surface area contributed by atoms with Crippen molar-refractivity contribution in [2.24, 2.45) is 0 Å². The van der Waals surface area contributed by atoms with Gasteiger partial charge < -0.3 is 19.7 Å². The minimum atomic E-state index is -4.96. The second kappa shape index (κ2) is 11.2. The van der Waals surface area contributed by atoms with Gasteiger partial charge in [-0.15, -0.1) is 5.10 Å². The zero-order valence-electron chi connectivity index (χ0n) is 19.4. The number of nitrogens with one attached hydrogen (secondary N) is 1. The highest BCUT2D eigenvalue weighted by Crippen LogP contribution is 2.34. The van der Waals surface area contributed by atoms with Crippen molar-refractivity contribution in [2.45, 2.75) is 20.0 Å². The maximum Gasteiger partial charge on any atom is 0.435 e. The number of ether oxygens (including phenoxy) is 2. The average molecular weight is 495 g/mol. The maximum atomic E-state index is 13.8. The summed E-state index contributed by atoms with van der Waals surface area (Å²) in [5, 5.41) is 9.32. The van der Waals surface area contributed by atoms with E-state index in [4.69, 9.17) is 9.47 Å². The van der Waals surface area contributed by atoms with Gasteiger partial charge >= 0.3 is 6.18 Å². The van der Waals surface area contributed by atoms with Crippen molar-refractivity contribution in [1.29, 1.82) is 0 Å². The molecule has 0 saturated heterocycles. The molecule has 0 spiro atoms. The van der Waals surface area contributed by atoms with Gasteiger partial charge in [-0.3, -0.25) is 4.79 Å². The van der Waals surface area contributed by atoms with Crippen LogP contribution in [0.3, 0.4) is 0 Å². The lowest BCUT2D eigenvalue weighted by Gasteiger charge is -2.19. The van der Waals surface area contributed by atoms with Gasteiger partial charge in [0.05, 0.1) is 12.8 Å². The largest absolute Gasteiger partial charge is 0.493 e. The fourth-order valence-electron chi connectivity index (χ4n) is 3.33. The Hall–Kier alpha value is -3.67. The fraction of sp³-hybridized carbons (Fsp3) is 0.348. The number of carbonyl (C=O) groups is 1. The van der Waals surface area contributed by atoms with Gasteiger partial charge in [-0.05, 0) is 49.5 Å². The van der Waals surface area contributed by atoms with Crippen molar-refractivity contribution in [3.63, 3.8) is 0 Å². The second-order valence-corrected chi connectivity index (χ2v) is 7.37. The summed E-state index contributed by atoms with van der Waals surface area (Å²) in [5.41, 5.74) is -2.23. The normalized spacial score (nSPS) is 11.5. The highest BCUT2D eigenvalue weighted by molar-refractivity contribution is 6.04. The van der Waals surface area contributed by atoms with Gasteiger partial charge in [0.25, 0.3) is 5.91 Å². The number of hydrogen-bond donors (Lipinski definition) is 1. The van der Waals surface area contributed by atoms with Crippen LogP contribution in [0.2, 0.25) is 0 Å². The Morgan fingerprint density at radius 2 is 1.77 bits per heavy atom. The molecule has 0 bridgehead atoms. The number of benzene rings is 2. The van der Waals surface area contributed by atoms with E-state index in [0.29, 0.717) is 29.3 Å². The molecule has 1 amide bonds. The predicted octanol–water partition coefficient (Wildman–Crippen LogP) is 4.41. The van der Waals surface area contributed by atoms with Crippen LogP contribution in [0, 0.1) is 5.82 Å². The number of rotatable bonds is 10. The Morgan fingerprint density at radius 1 is 1.09 bits per heavy atom. The van der Waals surface area contributed by atoms with Gasteiger partial charge in [-0.2, -0.15) is 13.2 Å². The van der Waals surface area contributed by atoms with E-state index < -0.39 is 29.3 Å². The fourth-order valence-corrected chi connectivity index (χ4v) is 3.33. The molecule has 1 aromatic heterocycles. The molecular formula is C23H25F4N5O3. The molecule has 12 heteroatoms. The first kappa shape index (κ1) is 25.9. The highest BCUT2D eigenvalue weighted by Gasteiger charge is 2.42. The number of halogens is 4. The molecule has 0 aliphatic heterocycles. The molecule has 0 aliphatic rings. The standard InChI is InChI=1S/C23H25F4N5O3/c1-4-31(5-2)12-13-35-19-14-16(8-11-18(19)34-3)28-22(33)20-21(23(25,26)27)32(30-29-20)17-9-6-15(24)7-10-17/h6-11,14H,4-5,12-13H2,1-3H3,(H,28,33). The summed E-state index contributed by atoms with van der Waals surface area (Å²) < 4.78 is 66.2. The van der Waals surface area contributed by atoms with Gasteiger partial charge in [0.2, 0.25) is 0 Å². The quantitative estimate of drug-likeness (QED) is 0.420. The number of alkyl halides is 3. The molecule has 0 atom stereocenters.